The van der Waals surface area contributed by atoms with Crippen molar-refractivity contribution in [2.24, 2.45) is 0 Å². The minimum Gasteiger partial charge on any atom is -0.504 e. The number of halogens is 1. The van der Waals surface area contributed by atoms with Crippen molar-refractivity contribution in [1.82, 2.24) is 5.32 Å². The molecule has 132 valence electrons. The Morgan fingerprint density at radius 2 is 1.74 bits per heavy atom. The lowest BCUT2D eigenvalue weighted by Gasteiger charge is -2.26. The normalized spacial score (nSPS) is 17.3. The molecule has 0 spiro atoms. The van der Waals surface area contributed by atoms with E-state index in [1.165, 1.54) is 38.1 Å². The standard InChI is InChI=1S/C10H12ClNO3S.C4H9N.C2H6/c11-7-4-5-8(12)9(13)10(7)16(14,15)6-2-1-3-6;1-2-4-5-3-1;1-2/h4-6,13H,1-3,12H2;5H,1-4H2;1-2H3. The van der Waals surface area contributed by atoms with Crippen molar-refractivity contribution in [3.63, 3.8) is 0 Å². The highest BCUT2D eigenvalue weighted by Gasteiger charge is 2.36. The van der Waals surface area contributed by atoms with Gasteiger partial charge in [0, 0.05) is 0 Å². The van der Waals surface area contributed by atoms with Gasteiger partial charge in [-0.1, -0.05) is 31.9 Å². The lowest BCUT2D eigenvalue weighted by Crippen LogP contribution is -2.28. The molecule has 0 unspecified atom stereocenters. The molecule has 2 fully saturated rings. The monoisotopic (exact) mass is 362 g/mol. The molecule has 23 heavy (non-hydrogen) atoms. The number of nitrogens with two attached hydrogens (primary N) is 1. The Balaban J connectivity index is 0.000000317. The molecule has 0 bridgehead atoms. The molecule has 0 atom stereocenters. The van der Waals surface area contributed by atoms with Crippen LogP contribution in [-0.2, 0) is 9.84 Å². The van der Waals surface area contributed by atoms with Crippen LogP contribution in [0.25, 0.3) is 0 Å². The van der Waals surface area contributed by atoms with Gasteiger partial charge in [-0.15, -0.1) is 0 Å². The molecule has 7 heteroatoms. The van der Waals surface area contributed by atoms with Crippen LogP contribution in [0.1, 0.15) is 46.0 Å². The summed E-state index contributed by atoms with van der Waals surface area (Å²) in [5.41, 5.74) is 5.50. The number of rotatable bonds is 2. The number of nitrogen functional groups attached to an aromatic ring is 1. The number of phenols is 1. The van der Waals surface area contributed by atoms with Gasteiger partial charge in [0.15, 0.2) is 15.6 Å². The predicted molar refractivity (Wildman–Crippen MR) is 95.8 cm³/mol. The van der Waals surface area contributed by atoms with E-state index in [1.54, 1.807) is 0 Å². The number of aromatic hydroxyl groups is 1. The highest BCUT2D eigenvalue weighted by Crippen LogP contribution is 2.41. The lowest BCUT2D eigenvalue weighted by molar-refractivity contribution is 0.450. The second-order valence-electron chi connectivity index (χ2n) is 5.37. The summed E-state index contributed by atoms with van der Waals surface area (Å²) in [7, 11) is -3.55. The molecule has 0 aromatic heterocycles. The molecule has 1 aliphatic heterocycles. The summed E-state index contributed by atoms with van der Waals surface area (Å²) < 4.78 is 24.2. The van der Waals surface area contributed by atoms with Crippen molar-refractivity contribution in [3.8, 4) is 5.75 Å². The maximum absolute atomic E-state index is 12.1. The van der Waals surface area contributed by atoms with Crippen LogP contribution in [0.5, 0.6) is 5.75 Å². The average molecular weight is 363 g/mol. The largest absolute Gasteiger partial charge is 0.504 e. The van der Waals surface area contributed by atoms with Gasteiger partial charge < -0.3 is 16.2 Å². The highest BCUT2D eigenvalue weighted by atomic mass is 35.5. The van der Waals surface area contributed by atoms with Crippen molar-refractivity contribution in [1.29, 1.82) is 0 Å². The summed E-state index contributed by atoms with van der Waals surface area (Å²) >= 11 is 5.82. The van der Waals surface area contributed by atoms with Crippen LogP contribution in [-0.4, -0.2) is 31.9 Å². The van der Waals surface area contributed by atoms with Gasteiger partial charge in [0.05, 0.1) is 16.0 Å². The van der Waals surface area contributed by atoms with E-state index in [2.05, 4.69) is 5.32 Å². The molecule has 1 saturated carbocycles. The molecule has 1 heterocycles. The molecule has 4 N–H and O–H groups in total. The zero-order chi connectivity index (χ0) is 17.5. The molecule has 1 aliphatic carbocycles. The number of benzene rings is 1. The second kappa shape index (κ2) is 9.35. The van der Waals surface area contributed by atoms with Crippen molar-refractivity contribution >= 4 is 27.1 Å². The fourth-order valence-electron chi connectivity index (χ4n) is 2.31. The number of phenolic OH excluding ortho intramolecular Hbond substituents is 1. The molecule has 0 amide bonds. The summed E-state index contributed by atoms with van der Waals surface area (Å²) in [6, 6.07) is 2.78. The van der Waals surface area contributed by atoms with Gasteiger partial charge in [0.1, 0.15) is 4.90 Å². The van der Waals surface area contributed by atoms with E-state index in [9.17, 15) is 13.5 Å². The zero-order valence-electron chi connectivity index (χ0n) is 13.8. The smallest absolute Gasteiger partial charge is 0.186 e. The van der Waals surface area contributed by atoms with Gasteiger partial charge in [0.25, 0.3) is 0 Å². The third-order valence-electron chi connectivity index (χ3n) is 3.85. The minimum absolute atomic E-state index is 0.0265. The first-order valence-electron chi connectivity index (χ1n) is 8.16. The van der Waals surface area contributed by atoms with E-state index in [0.29, 0.717) is 12.8 Å². The summed E-state index contributed by atoms with van der Waals surface area (Å²) in [6.45, 7) is 6.50. The van der Waals surface area contributed by atoms with Crippen molar-refractivity contribution in [2.45, 2.75) is 56.1 Å². The second-order valence-corrected chi connectivity index (χ2v) is 7.94. The van der Waals surface area contributed by atoms with Crippen LogP contribution in [0.4, 0.5) is 5.69 Å². The number of sulfone groups is 1. The Hall–Kier alpha value is -0.980. The highest BCUT2D eigenvalue weighted by molar-refractivity contribution is 7.92. The van der Waals surface area contributed by atoms with Crippen LogP contribution in [0.3, 0.4) is 0 Å². The van der Waals surface area contributed by atoms with Crippen LogP contribution < -0.4 is 11.1 Å². The van der Waals surface area contributed by atoms with Gasteiger partial charge >= 0.3 is 0 Å². The number of hydrogen-bond donors (Lipinski definition) is 3. The molecular formula is C16H27ClN2O3S. The van der Waals surface area contributed by atoms with Gasteiger partial charge in [-0.3, -0.25) is 0 Å². The Labute approximate surface area is 144 Å². The van der Waals surface area contributed by atoms with E-state index >= 15 is 0 Å². The van der Waals surface area contributed by atoms with Gasteiger partial charge in [-0.25, -0.2) is 8.42 Å². The van der Waals surface area contributed by atoms with Gasteiger partial charge in [-0.2, -0.15) is 0 Å². The Bertz CT molecular complexity index is 590. The first kappa shape index (κ1) is 20.1. The van der Waals surface area contributed by atoms with Crippen LogP contribution in [0.15, 0.2) is 17.0 Å². The maximum atomic E-state index is 12.1. The summed E-state index contributed by atoms with van der Waals surface area (Å²) in [4.78, 5) is -0.223. The van der Waals surface area contributed by atoms with Gasteiger partial charge in [-0.05, 0) is 50.9 Å². The van der Waals surface area contributed by atoms with Crippen molar-refractivity contribution in [3.05, 3.63) is 17.2 Å². The summed E-state index contributed by atoms with van der Waals surface area (Å²) in [5, 5.41) is 12.5. The molecule has 1 saturated heterocycles. The molecule has 0 radical (unpaired) electrons. The van der Waals surface area contributed by atoms with E-state index in [4.69, 9.17) is 17.3 Å². The topological polar surface area (TPSA) is 92.4 Å². The SMILES string of the molecule is C1CCNC1.CC.Nc1ccc(Cl)c(S(=O)(=O)C2CCC2)c1O. The minimum atomic E-state index is -3.55. The van der Waals surface area contributed by atoms with E-state index in [1.807, 2.05) is 13.8 Å². The van der Waals surface area contributed by atoms with Crippen LogP contribution in [0, 0.1) is 0 Å². The van der Waals surface area contributed by atoms with Gasteiger partial charge in [0.2, 0.25) is 0 Å². The molecule has 5 nitrogen and oxygen atoms in total. The average Bonchev–Trinajstić information content (AvgIpc) is 3.02. The first-order chi connectivity index (χ1) is 10.9. The summed E-state index contributed by atoms with van der Waals surface area (Å²) in [6.07, 6.45) is 4.91. The zero-order valence-corrected chi connectivity index (χ0v) is 15.4. The van der Waals surface area contributed by atoms with Crippen LogP contribution in [0.2, 0.25) is 5.02 Å². The van der Waals surface area contributed by atoms with E-state index in [0.717, 1.165) is 6.42 Å². The molecular weight excluding hydrogens is 336 g/mol. The first-order valence-corrected chi connectivity index (χ1v) is 10.1. The van der Waals surface area contributed by atoms with Crippen molar-refractivity contribution < 1.29 is 13.5 Å². The molecule has 1 aromatic carbocycles. The summed E-state index contributed by atoms with van der Waals surface area (Å²) in [5.74, 6) is -0.431. The molecule has 3 rings (SSSR count). The van der Waals surface area contributed by atoms with Crippen molar-refractivity contribution in [2.75, 3.05) is 18.8 Å². The molecule has 1 aromatic rings. The fraction of sp³-hybridized carbons (Fsp3) is 0.625. The predicted octanol–water partition coefficient (Wildman–Crippen LogP) is 3.35. The fourth-order valence-corrected chi connectivity index (χ4v) is 4.79. The van der Waals surface area contributed by atoms with Crippen LogP contribution >= 0.6 is 11.6 Å². The number of anilines is 1. The van der Waals surface area contributed by atoms with E-state index < -0.39 is 20.8 Å². The lowest BCUT2D eigenvalue weighted by atomic mass is 10.00. The number of hydrogen-bond acceptors (Lipinski definition) is 5. The van der Waals surface area contributed by atoms with E-state index in [-0.39, 0.29) is 15.6 Å². The number of nitrogens with one attached hydrogen (secondary N) is 1. The Morgan fingerprint density at radius 3 is 2.13 bits per heavy atom. The third-order valence-corrected chi connectivity index (χ3v) is 6.61. The quantitative estimate of drug-likeness (QED) is 0.554. The third kappa shape index (κ3) is 4.99. The maximum Gasteiger partial charge on any atom is 0.186 e. The Morgan fingerprint density at radius 1 is 1.17 bits per heavy atom. The Kier molecular flexibility index (Phi) is 8.16. The molecule has 2 aliphatic rings.